The van der Waals surface area contributed by atoms with Crippen molar-refractivity contribution < 1.29 is 0 Å². The molecule has 3 heteroatoms. The molecule has 0 aliphatic rings. The molecule has 1 aromatic carbocycles. The zero-order valence-corrected chi connectivity index (χ0v) is 12.7. The molecule has 3 nitrogen and oxygen atoms in total. The highest BCUT2D eigenvalue weighted by atomic mass is 15.0. The van der Waals surface area contributed by atoms with E-state index in [1.807, 2.05) is 6.20 Å². The maximum Gasteiger partial charge on any atom is 0.0619 e. The van der Waals surface area contributed by atoms with E-state index in [1.165, 1.54) is 10.8 Å². The summed E-state index contributed by atoms with van der Waals surface area (Å²) < 4.78 is 0. The highest BCUT2D eigenvalue weighted by Gasteiger charge is 2.07. The minimum Gasteiger partial charge on any atom is -0.312 e. The Morgan fingerprint density at radius 3 is 2.65 bits per heavy atom. The lowest BCUT2D eigenvalue weighted by molar-refractivity contribution is 0.418. The molecule has 0 saturated heterocycles. The van der Waals surface area contributed by atoms with Crippen molar-refractivity contribution in [3.63, 3.8) is 0 Å². The van der Waals surface area contributed by atoms with Gasteiger partial charge >= 0.3 is 0 Å². The predicted octanol–water partition coefficient (Wildman–Crippen LogP) is 3.10. The van der Waals surface area contributed by atoms with Crippen molar-refractivity contribution in [3.8, 4) is 0 Å². The molecular weight excluding hydrogens is 246 g/mol. The number of pyridine rings is 1. The molecule has 2 aromatic rings. The Morgan fingerprint density at radius 2 is 1.85 bits per heavy atom. The van der Waals surface area contributed by atoms with Crippen molar-refractivity contribution in [3.05, 3.63) is 42.2 Å². The number of rotatable bonds is 6. The highest BCUT2D eigenvalue weighted by molar-refractivity contribution is 5.84. The maximum atomic E-state index is 4.49. The van der Waals surface area contributed by atoms with Crippen molar-refractivity contribution in [2.75, 3.05) is 13.1 Å². The molecule has 0 atom stereocenters. The lowest BCUT2D eigenvalue weighted by Crippen LogP contribution is -2.37. The number of aromatic nitrogens is 1. The van der Waals surface area contributed by atoms with Crippen molar-refractivity contribution in [1.82, 2.24) is 15.6 Å². The van der Waals surface area contributed by atoms with Crippen LogP contribution in [0.5, 0.6) is 0 Å². The Labute approximate surface area is 121 Å². The quantitative estimate of drug-likeness (QED) is 0.793. The molecule has 0 amide bonds. The van der Waals surface area contributed by atoms with Crippen LogP contribution in [-0.2, 0) is 6.54 Å². The molecule has 0 fully saturated rings. The van der Waals surface area contributed by atoms with Gasteiger partial charge in [-0.05, 0) is 51.7 Å². The van der Waals surface area contributed by atoms with E-state index in [4.69, 9.17) is 0 Å². The normalized spacial score (nSPS) is 11.9. The Hall–Kier alpha value is -1.45. The van der Waals surface area contributed by atoms with Crippen LogP contribution in [0.2, 0.25) is 0 Å². The van der Waals surface area contributed by atoms with Crippen LogP contribution < -0.4 is 10.6 Å². The lowest BCUT2D eigenvalue weighted by Gasteiger charge is -2.20. The molecule has 1 aromatic heterocycles. The summed E-state index contributed by atoms with van der Waals surface area (Å²) in [7, 11) is 0. The summed E-state index contributed by atoms with van der Waals surface area (Å²) in [5, 5.41) is 9.48. The third-order valence-electron chi connectivity index (χ3n) is 3.23. The predicted molar refractivity (Wildman–Crippen MR) is 85.8 cm³/mol. The minimum absolute atomic E-state index is 0.206. The number of fused-ring (bicyclic) bond motifs is 1. The largest absolute Gasteiger partial charge is 0.312 e. The summed E-state index contributed by atoms with van der Waals surface area (Å²) in [6, 6.07) is 10.5. The molecule has 0 spiro atoms. The monoisotopic (exact) mass is 271 g/mol. The molecule has 108 valence electrons. The summed E-state index contributed by atoms with van der Waals surface area (Å²) in [5.74, 6) is 0. The second-order valence-electron chi connectivity index (χ2n) is 6.19. The highest BCUT2D eigenvalue weighted by Crippen LogP contribution is 2.15. The molecule has 1 heterocycles. The van der Waals surface area contributed by atoms with Gasteiger partial charge in [0.15, 0.2) is 0 Å². The minimum atomic E-state index is 0.206. The molecule has 2 N–H and O–H groups in total. The van der Waals surface area contributed by atoms with Crippen LogP contribution in [0.1, 0.15) is 32.9 Å². The van der Waals surface area contributed by atoms with Crippen molar-refractivity contribution >= 4 is 10.8 Å². The third kappa shape index (κ3) is 4.58. The SMILES string of the molecule is CC(C)(C)NCCCNCc1nccc2ccccc12. The number of hydrogen-bond acceptors (Lipinski definition) is 3. The first-order valence-electron chi connectivity index (χ1n) is 7.35. The fourth-order valence-electron chi connectivity index (χ4n) is 2.21. The van der Waals surface area contributed by atoms with Gasteiger partial charge in [0.25, 0.3) is 0 Å². The van der Waals surface area contributed by atoms with E-state index < -0.39 is 0 Å². The van der Waals surface area contributed by atoms with Crippen LogP contribution >= 0.6 is 0 Å². The van der Waals surface area contributed by atoms with E-state index in [2.05, 4.69) is 66.7 Å². The van der Waals surface area contributed by atoms with Gasteiger partial charge in [0.1, 0.15) is 0 Å². The molecule has 2 rings (SSSR count). The van der Waals surface area contributed by atoms with Crippen LogP contribution in [0, 0.1) is 0 Å². The Balaban J connectivity index is 1.79. The average molecular weight is 271 g/mol. The summed E-state index contributed by atoms with van der Waals surface area (Å²) >= 11 is 0. The molecule has 0 aliphatic carbocycles. The maximum absolute atomic E-state index is 4.49. The molecule has 0 radical (unpaired) electrons. The zero-order valence-electron chi connectivity index (χ0n) is 12.7. The van der Waals surface area contributed by atoms with Crippen LogP contribution in [0.15, 0.2) is 36.5 Å². The smallest absolute Gasteiger partial charge is 0.0619 e. The average Bonchev–Trinajstić information content (AvgIpc) is 2.41. The Bertz CT molecular complexity index is 538. The van der Waals surface area contributed by atoms with Gasteiger partial charge in [-0.25, -0.2) is 0 Å². The van der Waals surface area contributed by atoms with E-state index >= 15 is 0 Å². The molecule has 0 aliphatic heterocycles. The zero-order chi connectivity index (χ0) is 14.4. The van der Waals surface area contributed by atoms with Gasteiger partial charge in [0.05, 0.1) is 5.69 Å². The van der Waals surface area contributed by atoms with Crippen molar-refractivity contribution in [1.29, 1.82) is 0 Å². The second-order valence-corrected chi connectivity index (χ2v) is 6.19. The fraction of sp³-hybridized carbons (Fsp3) is 0.471. The van der Waals surface area contributed by atoms with E-state index in [1.54, 1.807) is 0 Å². The molecule has 0 unspecified atom stereocenters. The van der Waals surface area contributed by atoms with E-state index in [-0.39, 0.29) is 5.54 Å². The first-order valence-corrected chi connectivity index (χ1v) is 7.35. The fourth-order valence-corrected chi connectivity index (χ4v) is 2.21. The summed E-state index contributed by atoms with van der Waals surface area (Å²) in [5.41, 5.74) is 1.34. The van der Waals surface area contributed by atoms with E-state index in [0.717, 1.165) is 31.7 Å². The van der Waals surface area contributed by atoms with Gasteiger partial charge in [0.2, 0.25) is 0 Å². The Kier molecular flexibility index (Phi) is 5.10. The van der Waals surface area contributed by atoms with Crippen LogP contribution in [-0.4, -0.2) is 23.6 Å². The summed E-state index contributed by atoms with van der Waals surface area (Å²) in [6.45, 7) is 9.46. The third-order valence-corrected chi connectivity index (χ3v) is 3.23. The first kappa shape index (κ1) is 14.9. The Morgan fingerprint density at radius 1 is 1.05 bits per heavy atom. The van der Waals surface area contributed by atoms with Crippen molar-refractivity contribution in [2.45, 2.75) is 39.3 Å². The van der Waals surface area contributed by atoms with Crippen LogP contribution in [0.4, 0.5) is 0 Å². The number of nitrogens with zero attached hydrogens (tertiary/aromatic N) is 1. The number of hydrogen-bond donors (Lipinski definition) is 2. The lowest BCUT2D eigenvalue weighted by atomic mass is 10.1. The molecule has 0 bridgehead atoms. The standard InChI is InChI=1S/C17H25N3/c1-17(2,3)20-11-6-10-18-13-16-15-8-5-4-7-14(15)9-12-19-16/h4-5,7-9,12,18,20H,6,10-11,13H2,1-3H3. The van der Waals surface area contributed by atoms with E-state index in [9.17, 15) is 0 Å². The molecule has 0 saturated carbocycles. The van der Waals surface area contributed by atoms with Gasteiger partial charge < -0.3 is 10.6 Å². The van der Waals surface area contributed by atoms with Crippen molar-refractivity contribution in [2.24, 2.45) is 0 Å². The van der Waals surface area contributed by atoms with Gasteiger partial charge in [-0.2, -0.15) is 0 Å². The number of benzene rings is 1. The van der Waals surface area contributed by atoms with Crippen LogP contribution in [0.3, 0.4) is 0 Å². The van der Waals surface area contributed by atoms with Crippen LogP contribution in [0.25, 0.3) is 10.8 Å². The number of nitrogens with one attached hydrogen (secondary N) is 2. The first-order chi connectivity index (χ1) is 9.56. The van der Waals surface area contributed by atoms with Gasteiger partial charge in [0, 0.05) is 23.7 Å². The molecule has 20 heavy (non-hydrogen) atoms. The summed E-state index contributed by atoms with van der Waals surface area (Å²) in [6.07, 6.45) is 3.02. The second kappa shape index (κ2) is 6.82. The summed E-state index contributed by atoms with van der Waals surface area (Å²) in [4.78, 5) is 4.49. The van der Waals surface area contributed by atoms with E-state index in [0.29, 0.717) is 0 Å². The van der Waals surface area contributed by atoms with Gasteiger partial charge in [-0.3, -0.25) is 4.98 Å². The van der Waals surface area contributed by atoms with Gasteiger partial charge in [-0.1, -0.05) is 24.3 Å². The topological polar surface area (TPSA) is 37.0 Å². The molecular formula is C17H25N3. The van der Waals surface area contributed by atoms with Gasteiger partial charge in [-0.15, -0.1) is 0 Å².